The summed E-state index contributed by atoms with van der Waals surface area (Å²) in [6.45, 7) is 3.87. The lowest BCUT2D eigenvalue weighted by Gasteiger charge is -2.40. The van der Waals surface area contributed by atoms with Gasteiger partial charge in [0.1, 0.15) is 23.7 Å². The number of carbonyl (C=O) groups excluding carboxylic acids is 3. The molecule has 4 amide bonds. The summed E-state index contributed by atoms with van der Waals surface area (Å²) in [4.78, 5) is 73.8. The summed E-state index contributed by atoms with van der Waals surface area (Å²) in [6.07, 6.45) is 3.00. The number of carbonyl (C=O) groups is 4. The Morgan fingerprint density at radius 3 is 1.66 bits per heavy atom. The lowest BCUT2D eigenvalue weighted by Crippen LogP contribution is -2.54. The van der Waals surface area contributed by atoms with Crippen LogP contribution in [-0.4, -0.2) is 114 Å². The third-order valence-electron chi connectivity index (χ3n) is 15.5. The summed E-state index contributed by atoms with van der Waals surface area (Å²) in [5.74, 6) is -6.08. The molecule has 2 aromatic heterocycles. The molecule has 6 atom stereocenters. The number of aromatic nitrogens is 4. The van der Waals surface area contributed by atoms with Gasteiger partial charge in [0.2, 0.25) is 23.7 Å². The SMILES string of the molecule is COC(=O)N[C@H](C(=O)N1[C@@H](C)CC[C@H]1c1ncc(-c2ccc3cc(-c4ccc(-c5cnc([C@@H]6CC[C@H](C)N6C(=O)[C@H](C6CCC(F)(F)CC6)N(C)C(=O)O)[nH]5)cc4)ccc3c2)[nH]1)C1CCC(F)(F)CC1. The number of likely N-dealkylation sites (tertiary alicyclic amines) is 2. The van der Waals surface area contributed by atoms with Crippen molar-refractivity contribution in [1.29, 1.82) is 0 Å². The zero-order valence-corrected chi connectivity index (χ0v) is 39.8. The maximum Gasteiger partial charge on any atom is 0.407 e. The van der Waals surface area contributed by atoms with Crippen LogP contribution in [0.4, 0.5) is 27.2 Å². The third-order valence-corrected chi connectivity index (χ3v) is 15.5. The number of hydrogen-bond acceptors (Lipinski definition) is 7. The molecule has 2 aliphatic heterocycles. The van der Waals surface area contributed by atoms with Crippen LogP contribution in [0.1, 0.15) is 115 Å². The lowest BCUT2D eigenvalue weighted by molar-refractivity contribution is -0.143. The fourth-order valence-corrected chi connectivity index (χ4v) is 11.4. The molecule has 14 nitrogen and oxygen atoms in total. The van der Waals surface area contributed by atoms with Crippen LogP contribution in [0.5, 0.6) is 0 Å². The zero-order chi connectivity index (χ0) is 49.6. The van der Waals surface area contributed by atoms with Crippen LogP contribution in [-0.2, 0) is 14.3 Å². The molecule has 2 saturated heterocycles. The Hall–Kier alpha value is -6.46. The molecule has 2 saturated carbocycles. The molecule has 372 valence electrons. The number of carboxylic acid groups (broad SMARTS) is 1. The Morgan fingerprint density at radius 2 is 1.13 bits per heavy atom. The molecule has 18 heteroatoms. The van der Waals surface area contributed by atoms with Gasteiger partial charge in [0.05, 0.1) is 43.0 Å². The van der Waals surface area contributed by atoms with Crippen molar-refractivity contribution in [1.82, 2.24) is 40.0 Å². The number of halogens is 4. The van der Waals surface area contributed by atoms with Gasteiger partial charge in [0, 0.05) is 50.4 Å². The molecule has 5 aromatic rings. The molecule has 4 heterocycles. The van der Waals surface area contributed by atoms with Gasteiger partial charge in [0.25, 0.3) is 0 Å². The summed E-state index contributed by atoms with van der Waals surface area (Å²) in [5.41, 5.74) is 5.33. The highest BCUT2D eigenvalue weighted by Gasteiger charge is 2.48. The van der Waals surface area contributed by atoms with Gasteiger partial charge in [-0.15, -0.1) is 0 Å². The maximum absolute atomic E-state index is 14.3. The van der Waals surface area contributed by atoms with Crippen LogP contribution in [0.25, 0.3) is 44.4 Å². The van der Waals surface area contributed by atoms with Crippen molar-refractivity contribution in [3.63, 3.8) is 0 Å². The Kier molecular flexibility index (Phi) is 13.4. The fraction of sp³-hybridized carbons (Fsp3) is 0.500. The summed E-state index contributed by atoms with van der Waals surface area (Å²) in [5, 5.41) is 14.6. The predicted octanol–water partition coefficient (Wildman–Crippen LogP) is 10.7. The number of imidazole rings is 2. The van der Waals surface area contributed by atoms with Crippen molar-refractivity contribution in [2.45, 2.75) is 139 Å². The molecule has 0 radical (unpaired) electrons. The maximum atomic E-state index is 14.3. The highest BCUT2D eigenvalue weighted by Crippen LogP contribution is 2.44. The van der Waals surface area contributed by atoms with Gasteiger partial charge in [-0.25, -0.2) is 37.1 Å². The molecule has 0 unspecified atom stereocenters. The standard InChI is InChI=1S/C52H60F4N8O6/c1-29-5-15-41(63(29)47(65)43(61-49(67)70-4)33-17-21-51(53,54)22-18-33)45-58-28-40(60-45)38-14-13-36-25-35(11-12-37(36)26-38)31-7-9-32(10-8-31)39-27-57-46(59-39)42-16-6-30(2)64(42)48(66)44(62(3)50(68)69)34-19-23-52(55,56)24-20-34/h7-14,25-30,33-34,41-44H,5-6,15-24H2,1-4H3,(H,57,59)(H,58,60)(H,61,67)(H,68,69)/t29-,30-,41-,42-,43-,44-/m0/s1. The van der Waals surface area contributed by atoms with E-state index >= 15 is 0 Å². The molecule has 2 aliphatic carbocycles. The van der Waals surface area contributed by atoms with Crippen LogP contribution >= 0.6 is 0 Å². The molecule has 3 aromatic carbocycles. The molecule has 0 bridgehead atoms. The van der Waals surface area contributed by atoms with Crippen LogP contribution < -0.4 is 5.32 Å². The number of alkyl halides is 4. The van der Waals surface area contributed by atoms with E-state index in [1.807, 2.05) is 50.2 Å². The van der Waals surface area contributed by atoms with E-state index in [1.165, 1.54) is 14.2 Å². The Labute approximate surface area is 403 Å². The van der Waals surface area contributed by atoms with Gasteiger partial charge in [-0.05, 0) is 117 Å². The van der Waals surface area contributed by atoms with E-state index in [4.69, 9.17) is 14.7 Å². The number of nitrogens with one attached hydrogen (secondary N) is 3. The number of amides is 4. The summed E-state index contributed by atoms with van der Waals surface area (Å²) < 4.78 is 61.2. The number of ether oxygens (including phenoxy) is 1. The summed E-state index contributed by atoms with van der Waals surface area (Å²) in [6, 6.07) is 17.2. The third kappa shape index (κ3) is 9.82. The Bertz CT molecular complexity index is 2730. The molecule has 4 N–H and O–H groups in total. The zero-order valence-electron chi connectivity index (χ0n) is 39.8. The van der Waals surface area contributed by atoms with Crippen molar-refractivity contribution in [3.05, 3.63) is 84.7 Å². The van der Waals surface area contributed by atoms with Crippen LogP contribution in [0, 0.1) is 11.8 Å². The average Bonchev–Trinajstić information content (AvgIpc) is 4.18. The molecule has 0 spiro atoms. The lowest BCUT2D eigenvalue weighted by atomic mass is 9.81. The first-order valence-corrected chi connectivity index (χ1v) is 24.4. The van der Waals surface area contributed by atoms with Gasteiger partial charge < -0.3 is 34.9 Å². The van der Waals surface area contributed by atoms with Crippen LogP contribution in [0.15, 0.2) is 73.1 Å². The number of H-pyrrole nitrogens is 2. The van der Waals surface area contributed by atoms with E-state index in [1.54, 1.807) is 22.2 Å². The van der Waals surface area contributed by atoms with Gasteiger partial charge in [0.15, 0.2) is 0 Å². The minimum Gasteiger partial charge on any atom is -0.465 e. The fourth-order valence-electron chi connectivity index (χ4n) is 11.4. The molecular weight excluding hydrogens is 909 g/mol. The number of nitrogens with zero attached hydrogens (tertiary/aromatic N) is 5. The monoisotopic (exact) mass is 968 g/mol. The second kappa shape index (κ2) is 19.4. The summed E-state index contributed by atoms with van der Waals surface area (Å²) >= 11 is 0. The number of aromatic amines is 2. The van der Waals surface area contributed by atoms with Crippen molar-refractivity contribution < 1.29 is 46.6 Å². The van der Waals surface area contributed by atoms with E-state index in [2.05, 4.69) is 39.6 Å². The number of methoxy groups -OCH3 is 1. The number of benzene rings is 3. The molecule has 4 fully saturated rings. The van der Waals surface area contributed by atoms with Crippen LogP contribution in [0.2, 0.25) is 0 Å². The number of hydrogen-bond donors (Lipinski definition) is 4. The van der Waals surface area contributed by atoms with E-state index < -0.39 is 60.0 Å². The number of fused-ring (bicyclic) bond motifs is 1. The van der Waals surface area contributed by atoms with Gasteiger partial charge in [-0.1, -0.05) is 48.5 Å². The van der Waals surface area contributed by atoms with Gasteiger partial charge in [-0.3, -0.25) is 14.5 Å². The Morgan fingerprint density at radius 1 is 0.671 bits per heavy atom. The van der Waals surface area contributed by atoms with Crippen molar-refractivity contribution in [2.75, 3.05) is 14.2 Å². The molecular formula is C52H60F4N8O6. The van der Waals surface area contributed by atoms with Crippen molar-refractivity contribution in [2.24, 2.45) is 11.8 Å². The molecule has 9 rings (SSSR count). The highest BCUT2D eigenvalue weighted by molar-refractivity contribution is 5.91. The number of likely N-dealkylation sites (N-methyl/N-ethyl adjacent to an activating group) is 1. The molecule has 4 aliphatic rings. The quantitative estimate of drug-likeness (QED) is 0.0945. The van der Waals surface area contributed by atoms with Crippen molar-refractivity contribution >= 4 is 34.8 Å². The molecule has 70 heavy (non-hydrogen) atoms. The van der Waals surface area contributed by atoms with E-state index in [0.717, 1.165) is 49.3 Å². The summed E-state index contributed by atoms with van der Waals surface area (Å²) in [7, 11) is 2.55. The van der Waals surface area contributed by atoms with E-state index in [-0.39, 0.29) is 75.3 Å². The van der Waals surface area contributed by atoms with Crippen molar-refractivity contribution in [3.8, 4) is 33.6 Å². The predicted molar refractivity (Wildman–Crippen MR) is 254 cm³/mol. The van der Waals surface area contributed by atoms with E-state index in [9.17, 15) is 41.8 Å². The topological polar surface area (TPSA) is 177 Å². The first-order chi connectivity index (χ1) is 33.4. The number of alkyl carbamates (subject to hydrolysis) is 1. The largest absolute Gasteiger partial charge is 0.465 e. The minimum atomic E-state index is -2.81. The second-order valence-electron chi connectivity index (χ2n) is 19.9. The smallest absolute Gasteiger partial charge is 0.407 e. The van der Waals surface area contributed by atoms with Crippen LogP contribution in [0.3, 0.4) is 0 Å². The minimum absolute atomic E-state index is 0.0656. The van der Waals surface area contributed by atoms with Gasteiger partial charge >= 0.3 is 12.2 Å². The highest BCUT2D eigenvalue weighted by atomic mass is 19.3. The van der Waals surface area contributed by atoms with E-state index in [0.29, 0.717) is 37.3 Å². The Balaban J connectivity index is 0.875. The second-order valence-corrected chi connectivity index (χ2v) is 19.9. The average molecular weight is 969 g/mol. The first kappa shape index (κ1) is 48.6. The normalized spacial score (nSPS) is 23.5. The first-order valence-electron chi connectivity index (χ1n) is 24.4. The van der Waals surface area contributed by atoms with Gasteiger partial charge in [-0.2, -0.15) is 0 Å². The number of rotatable bonds is 11.